The summed E-state index contributed by atoms with van der Waals surface area (Å²) in [4.78, 5) is 0.0751. The first kappa shape index (κ1) is 15.9. The molecule has 0 aliphatic carbocycles. The third kappa shape index (κ3) is 3.77. The zero-order valence-corrected chi connectivity index (χ0v) is 13.7. The Morgan fingerprint density at radius 1 is 1.05 bits per heavy atom. The van der Waals surface area contributed by atoms with Gasteiger partial charge in [-0.05, 0) is 48.2 Å². The molecule has 0 aromatic heterocycles. The van der Waals surface area contributed by atoms with Crippen LogP contribution in [0, 0.1) is 6.92 Å². The molecule has 0 spiro atoms. The molecule has 0 saturated heterocycles. The number of halogens is 1. The van der Waals surface area contributed by atoms with Crippen LogP contribution in [0.4, 0.5) is 0 Å². The van der Waals surface area contributed by atoms with E-state index in [1.165, 1.54) is 12.1 Å². The Labute approximate surface area is 129 Å². The van der Waals surface area contributed by atoms with Gasteiger partial charge in [0.2, 0.25) is 0 Å². The van der Waals surface area contributed by atoms with Crippen molar-refractivity contribution in [2.75, 3.05) is 0 Å². The Morgan fingerprint density at radius 3 is 2.29 bits per heavy atom. The minimum absolute atomic E-state index is 0.0751. The average molecular weight is 325 g/mol. The standard InChI is InChI=1S/C16H17ClO3S/c1-11(2)14-6-4-5-7-16(14)20-15-9-8-13(10-12(15)3)21(17,18)19/h4-11H,1-3H3. The number of hydrogen-bond acceptors (Lipinski definition) is 3. The van der Waals surface area contributed by atoms with E-state index in [1.54, 1.807) is 13.0 Å². The predicted octanol–water partition coefficient (Wildman–Crippen LogP) is 4.84. The first-order chi connectivity index (χ1) is 9.79. The molecule has 5 heteroatoms. The second-order valence-corrected chi connectivity index (χ2v) is 7.73. The van der Waals surface area contributed by atoms with E-state index in [0.29, 0.717) is 11.7 Å². The smallest absolute Gasteiger partial charge is 0.261 e. The van der Waals surface area contributed by atoms with E-state index >= 15 is 0 Å². The van der Waals surface area contributed by atoms with Gasteiger partial charge in [-0.15, -0.1) is 0 Å². The Morgan fingerprint density at radius 2 is 1.71 bits per heavy atom. The second kappa shape index (κ2) is 6.08. The van der Waals surface area contributed by atoms with Crippen molar-refractivity contribution in [3.63, 3.8) is 0 Å². The molecule has 21 heavy (non-hydrogen) atoms. The van der Waals surface area contributed by atoms with Crippen LogP contribution >= 0.6 is 10.7 Å². The minimum Gasteiger partial charge on any atom is -0.457 e. The molecule has 2 aromatic rings. The number of para-hydroxylation sites is 1. The summed E-state index contributed by atoms with van der Waals surface area (Å²) in [6.07, 6.45) is 0. The molecule has 0 aliphatic heterocycles. The van der Waals surface area contributed by atoms with Crippen LogP contribution in [-0.4, -0.2) is 8.42 Å². The fourth-order valence-corrected chi connectivity index (χ4v) is 2.89. The van der Waals surface area contributed by atoms with Crippen LogP contribution in [-0.2, 0) is 9.05 Å². The summed E-state index contributed by atoms with van der Waals surface area (Å²) >= 11 is 0. The van der Waals surface area contributed by atoms with Gasteiger partial charge in [-0.1, -0.05) is 32.0 Å². The largest absolute Gasteiger partial charge is 0.457 e. The number of rotatable bonds is 4. The first-order valence-electron chi connectivity index (χ1n) is 6.61. The highest BCUT2D eigenvalue weighted by Crippen LogP contribution is 2.33. The topological polar surface area (TPSA) is 43.4 Å². The Balaban J connectivity index is 2.37. The molecule has 2 rings (SSSR count). The summed E-state index contributed by atoms with van der Waals surface area (Å²) < 4.78 is 28.6. The molecule has 0 bridgehead atoms. The molecule has 0 N–H and O–H groups in total. The Hall–Kier alpha value is -1.52. The average Bonchev–Trinajstić information content (AvgIpc) is 2.40. The highest BCUT2D eigenvalue weighted by atomic mass is 35.7. The van der Waals surface area contributed by atoms with Crippen molar-refractivity contribution in [1.29, 1.82) is 0 Å². The SMILES string of the molecule is Cc1cc(S(=O)(=O)Cl)ccc1Oc1ccccc1C(C)C. The fourth-order valence-electron chi connectivity index (χ4n) is 2.06. The van der Waals surface area contributed by atoms with Crippen molar-refractivity contribution in [1.82, 2.24) is 0 Å². The monoisotopic (exact) mass is 324 g/mol. The lowest BCUT2D eigenvalue weighted by Crippen LogP contribution is -1.96. The Bertz CT molecular complexity index is 752. The minimum atomic E-state index is -3.72. The van der Waals surface area contributed by atoms with Crippen molar-refractivity contribution >= 4 is 19.7 Å². The third-order valence-corrected chi connectivity index (χ3v) is 4.54. The lowest BCUT2D eigenvalue weighted by molar-refractivity contribution is 0.469. The zero-order valence-electron chi connectivity index (χ0n) is 12.1. The van der Waals surface area contributed by atoms with Gasteiger partial charge in [0.1, 0.15) is 11.5 Å². The van der Waals surface area contributed by atoms with Gasteiger partial charge in [0.15, 0.2) is 0 Å². The lowest BCUT2D eigenvalue weighted by atomic mass is 10.0. The molecule has 0 radical (unpaired) electrons. The molecule has 0 atom stereocenters. The van der Waals surface area contributed by atoms with Crippen LogP contribution in [0.25, 0.3) is 0 Å². The summed E-state index contributed by atoms with van der Waals surface area (Å²) in [6, 6.07) is 12.4. The molecule has 0 fully saturated rings. The Kier molecular flexibility index (Phi) is 4.59. The zero-order chi connectivity index (χ0) is 15.6. The molecule has 0 amide bonds. The fraction of sp³-hybridized carbons (Fsp3) is 0.250. The van der Waals surface area contributed by atoms with Gasteiger partial charge in [-0.3, -0.25) is 0 Å². The summed E-state index contributed by atoms with van der Waals surface area (Å²) in [5.74, 6) is 1.73. The quantitative estimate of drug-likeness (QED) is 0.756. The van der Waals surface area contributed by atoms with Crippen molar-refractivity contribution in [2.24, 2.45) is 0 Å². The summed E-state index contributed by atoms with van der Waals surface area (Å²) in [5, 5.41) is 0. The van der Waals surface area contributed by atoms with Crippen LogP contribution in [0.1, 0.15) is 30.9 Å². The molecule has 0 aliphatic rings. The van der Waals surface area contributed by atoms with Crippen LogP contribution in [0.15, 0.2) is 47.4 Å². The summed E-state index contributed by atoms with van der Waals surface area (Å²) in [5.41, 5.74) is 1.82. The predicted molar refractivity (Wildman–Crippen MR) is 84.8 cm³/mol. The van der Waals surface area contributed by atoms with Gasteiger partial charge in [-0.2, -0.15) is 0 Å². The molecule has 2 aromatic carbocycles. The summed E-state index contributed by atoms with van der Waals surface area (Å²) in [6.45, 7) is 5.98. The van der Waals surface area contributed by atoms with Crippen molar-refractivity contribution < 1.29 is 13.2 Å². The highest BCUT2D eigenvalue weighted by molar-refractivity contribution is 8.13. The molecule has 0 unspecified atom stereocenters. The number of aryl methyl sites for hydroxylation is 1. The molecule has 3 nitrogen and oxygen atoms in total. The van der Waals surface area contributed by atoms with Gasteiger partial charge >= 0.3 is 0 Å². The van der Waals surface area contributed by atoms with Crippen molar-refractivity contribution in [3.8, 4) is 11.5 Å². The third-order valence-electron chi connectivity index (χ3n) is 3.19. The van der Waals surface area contributed by atoms with Crippen LogP contribution < -0.4 is 4.74 Å². The number of hydrogen-bond donors (Lipinski definition) is 0. The van der Waals surface area contributed by atoms with E-state index in [0.717, 1.165) is 16.9 Å². The molecule has 0 heterocycles. The van der Waals surface area contributed by atoms with E-state index < -0.39 is 9.05 Å². The van der Waals surface area contributed by atoms with Gasteiger partial charge in [0, 0.05) is 10.7 Å². The van der Waals surface area contributed by atoms with Crippen molar-refractivity contribution in [2.45, 2.75) is 31.6 Å². The first-order valence-corrected chi connectivity index (χ1v) is 8.92. The normalized spacial score (nSPS) is 11.7. The van der Waals surface area contributed by atoms with E-state index in [-0.39, 0.29) is 4.90 Å². The van der Waals surface area contributed by atoms with E-state index in [1.807, 2.05) is 24.3 Å². The van der Waals surface area contributed by atoms with Gasteiger partial charge < -0.3 is 4.74 Å². The maximum Gasteiger partial charge on any atom is 0.261 e. The van der Waals surface area contributed by atoms with Gasteiger partial charge in [0.05, 0.1) is 4.90 Å². The van der Waals surface area contributed by atoms with E-state index in [2.05, 4.69) is 13.8 Å². The molecular formula is C16H17ClO3S. The van der Waals surface area contributed by atoms with Crippen LogP contribution in [0.5, 0.6) is 11.5 Å². The molecular weight excluding hydrogens is 308 g/mol. The van der Waals surface area contributed by atoms with E-state index in [4.69, 9.17) is 15.4 Å². The summed E-state index contributed by atoms with van der Waals surface area (Å²) in [7, 11) is 1.62. The molecule has 112 valence electrons. The maximum absolute atomic E-state index is 11.3. The molecule has 0 saturated carbocycles. The highest BCUT2D eigenvalue weighted by Gasteiger charge is 2.13. The lowest BCUT2D eigenvalue weighted by Gasteiger charge is -2.15. The number of ether oxygens (including phenoxy) is 1. The maximum atomic E-state index is 11.3. The second-order valence-electron chi connectivity index (χ2n) is 5.16. The van der Waals surface area contributed by atoms with Gasteiger partial charge in [-0.25, -0.2) is 8.42 Å². The van der Waals surface area contributed by atoms with Crippen molar-refractivity contribution in [3.05, 3.63) is 53.6 Å². The van der Waals surface area contributed by atoms with Crippen LogP contribution in [0.3, 0.4) is 0 Å². The number of benzene rings is 2. The van der Waals surface area contributed by atoms with E-state index in [9.17, 15) is 8.42 Å². The van der Waals surface area contributed by atoms with Gasteiger partial charge in [0.25, 0.3) is 9.05 Å². The van der Waals surface area contributed by atoms with Crippen LogP contribution in [0.2, 0.25) is 0 Å².